The molecule has 0 radical (unpaired) electrons. The Balaban J connectivity index is 2.41. The highest BCUT2D eigenvalue weighted by molar-refractivity contribution is 5.56. The van der Waals surface area contributed by atoms with Gasteiger partial charge in [0.25, 0.3) is 0 Å². The Morgan fingerprint density at radius 2 is 2.50 bits per heavy atom. The number of hydroxylamine groups is 2. The van der Waals surface area contributed by atoms with Gasteiger partial charge in [0.15, 0.2) is 0 Å². The van der Waals surface area contributed by atoms with Crippen molar-refractivity contribution in [1.82, 2.24) is 5.06 Å². The van der Waals surface area contributed by atoms with E-state index in [1.165, 1.54) is 5.06 Å². The van der Waals surface area contributed by atoms with E-state index in [-0.39, 0.29) is 12.6 Å². The molecule has 2 N–H and O–H groups in total. The highest BCUT2D eigenvalue weighted by atomic mass is 16.8. The summed E-state index contributed by atoms with van der Waals surface area (Å²) < 4.78 is 5.01. The number of carbonyl (C=O) groups is 1. The first-order valence-corrected chi connectivity index (χ1v) is 3.60. The molecule has 0 aromatic carbocycles. The van der Waals surface area contributed by atoms with Gasteiger partial charge in [-0.05, 0) is 0 Å². The minimum atomic E-state index is -1.37. The molecular formula is C6H11NO5. The van der Waals surface area contributed by atoms with Crippen LogP contribution in [-0.4, -0.2) is 53.8 Å². The van der Waals surface area contributed by atoms with Gasteiger partial charge in [0.05, 0.1) is 32.4 Å². The topological polar surface area (TPSA) is 79.2 Å². The average Bonchev–Trinajstić information content (AvgIpc) is 2.04. The fourth-order valence-electron chi connectivity index (χ4n) is 1.00. The van der Waals surface area contributed by atoms with E-state index >= 15 is 0 Å². The monoisotopic (exact) mass is 177 g/mol. The highest BCUT2D eigenvalue weighted by Crippen LogP contribution is 2.06. The second kappa shape index (κ2) is 4.24. The van der Waals surface area contributed by atoms with Crippen LogP contribution >= 0.6 is 0 Å². The number of aliphatic hydroxyl groups excluding tert-OH is 1. The molecule has 0 aromatic rings. The quantitative estimate of drug-likeness (QED) is 0.580. The third kappa shape index (κ3) is 2.33. The zero-order chi connectivity index (χ0) is 8.97. The molecule has 0 saturated carbocycles. The molecule has 6 heteroatoms. The Morgan fingerprint density at radius 3 is 3.08 bits per heavy atom. The first kappa shape index (κ1) is 9.24. The minimum Gasteiger partial charge on any atom is -0.448 e. The molecule has 0 bridgehead atoms. The van der Waals surface area contributed by atoms with E-state index in [0.29, 0.717) is 19.8 Å². The van der Waals surface area contributed by atoms with Crippen LogP contribution in [0.3, 0.4) is 0 Å². The van der Waals surface area contributed by atoms with E-state index in [1.807, 2.05) is 0 Å². The molecule has 1 heterocycles. The molecule has 0 aromatic heterocycles. The Bertz CT molecular complexity index is 162. The zero-order valence-corrected chi connectivity index (χ0v) is 6.47. The Labute approximate surface area is 69.2 Å². The SMILES string of the molecule is O=C(O)ON1CCOCC1CO. The molecule has 1 aliphatic heterocycles. The largest absolute Gasteiger partial charge is 0.525 e. The van der Waals surface area contributed by atoms with Crippen LogP contribution in [0, 0.1) is 0 Å². The molecule has 0 spiro atoms. The second-order valence-electron chi connectivity index (χ2n) is 2.41. The van der Waals surface area contributed by atoms with Crippen LogP contribution in [0.2, 0.25) is 0 Å². The number of hydrogen-bond acceptors (Lipinski definition) is 5. The number of ether oxygens (including phenoxy) is 1. The second-order valence-corrected chi connectivity index (χ2v) is 2.41. The van der Waals surface area contributed by atoms with Crippen molar-refractivity contribution in [3.8, 4) is 0 Å². The standard InChI is InChI=1S/C6H11NO5/c8-3-5-4-11-2-1-7(5)12-6(9)10/h5,8H,1-4H2,(H,9,10). The van der Waals surface area contributed by atoms with Crippen LogP contribution in [0.25, 0.3) is 0 Å². The van der Waals surface area contributed by atoms with Gasteiger partial charge in [-0.25, -0.2) is 4.79 Å². The van der Waals surface area contributed by atoms with Crippen molar-refractivity contribution in [3.63, 3.8) is 0 Å². The molecule has 1 rings (SSSR count). The summed E-state index contributed by atoms with van der Waals surface area (Å²) in [6.45, 7) is 0.901. The van der Waals surface area contributed by atoms with Gasteiger partial charge in [-0.3, -0.25) is 0 Å². The predicted molar refractivity (Wildman–Crippen MR) is 37.5 cm³/mol. The smallest absolute Gasteiger partial charge is 0.448 e. The lowest BCUT2D eigenvalue weighted by atomic mass is 10.3. The molecule has 12 heavy (non-hydrogen) atoms. The van der Waals surface area contributed by atoms with Gasteiger partial charge < -0.3 is 19.8 Å². The van der Waals surface area contributed by atoms with Crippen molar-refractivity contribution >= 4 is 6.16 Å². The van der Waals surface area contributed by atoms with Gasteiger partial charge >= 0.3 is 6.16 Å². The lowest BCUT2D eigenvalue weighted by Gasteiger charge is -2.31. The summed E-state index contributed by atoms with van der Waals surface area (Å²) in [6.07, 6.45) is -1.37. The van der Waals surface area contributed by atoms with E-state index < -0.39 is 6.16 Å². The van der Waals surface area contributed by atoms with Crippen molar-refractivity contribution in [2.24, 2.45) is 0 Å². The van der Waals surface area contributed by atoms with Crippen LogP contribution < -0.4 is 0 Å². The molecule has 1 fully saturated rings. The fourth-order valence-corrected chi connectivity index (χ4v) is 1.00. The Morgan fingerprint density at radius 1 is 1.75 bits per heavy atom. The predicted octanol–water partition coefficient (Wildman–Crippen LogP) is -0.711. The van der Waals surface area contributed by atoms with Crippen LogP contribution in [0.5, 0.6) is 0 Å². The fraction of sp³-hybridized carbons (Fsp3) is 0.833. The molecular weight excluding hydrogens is 166 g/mol. The highest BCUT2D eigenvalue weighted by Gasteiger charge is 2.25. The van der Waals surface area contributed by atoms with Gasteiger partial charge in [-0.2, -0.15) is 0 Å². The van der Waals surface area contributed by atoms with E-state index in [1.54, 1.807) is 0 Å². The summed E-state index contributed by atoms with van der Waals surface area (Å²) in [4.78, 5) is 14.5. The Hall–Kier alpha value is -0.850. The lowest BCUT2D eigenvalue weighted by molar-refractivity contribution is -0.199. The summed E-state index contributed by atoms with van der Waals surface area (Å²) in [6, 6.07) is -0.380. The maximum Gasteiger partial charge on any atom is 0.525 e. The van der Waals surface area contributed by atoms with Crippen molar-refractivity contribution in [1.29, 1.82) is 0 Å². The molecule has 0 aliphatic carbocycles. The third-order valence-corrected chi connectivity index (χ3v) is 1.58. The first-order valence-electron chi connectivity index (χ1n) is 3.60. The van der Waals surface area contributed by atoms with Crippen LogP contribution in [-0.2, 0) is 9.57 Å². The average molecular weight is 177 g/mol. The molecule has 1 unspecified atom stereocenters. The number of nitrogens with zero attached hydrogens (tertiary/aromatic N) is 1. The molecule has 0 amide bonds. The maximum atomic E-state index is 10.1. The molecule has 1 aliphatic rings. The van der Waals surface area contributed by atoms with Crippen LogP contribution in [0.1, 0.15) is 0 Å². The number of aliphatic hydroxyl groups is 1. The number of rotatable bonds is 2. The molecule has 70 valence electrons. The summed E-state index contributed by atoms with van der Waals surface area (Å²) in [5.74, 6) is 0. The zero-order valence-electron chi connectivity index (χ0n) is 6.47. The van der Waals surface area contributed by atoms with Gasteiger partial charge in [-0.15, -0.1) is 5.06 Å². The normalized spacial score (nSPS) is 25.2. The van der Waals surface area contributed by atoms with Crippen LogP contribution in [0.4, 0.5) is 4.79 Å². The number of carboxylic acid groups (broad SMARTS) is 1. The van der Waals surface area contributed by atoms with Crippen molar-refractivity contribution < 1.29 is 24.6 Å². The summed E-state index contributed by atoms with van der Waals surface area (Å²) >= 11 is 0. The summed E-state index contributed by atoms with van der Waals surface area (Å²) in [5, 5.41) is 18.3. The van der Waals surface area contributed by atoms with Crippen molar-refractivity contribution in [2.45, 2.75) is 6.04 Å². The van der Waals surface area contributed by atoms with Crippen LogP contribution in [0.15, 0.2) is 0 Å². The van der Waals surface area contributed by atoms with Gasteiger partial charge in [0.1, 0.15) is 0 Å². The lowest BCUT2D eigenvalue weighted by Crippen LogP contribution is -2.48. The first-order chi connectivity index (χ1) is 5.74. The van der Waals surface area contributed by atoms with E-state index in [4.69, 9.17) is 14.9 Å². The minimum absolute atomic E-state index is 0.173. The van der Waals surface area contributed by atoms with Crippen molar-refractivity contribution in [3.05, 3.63) is 0 Å². The molecule has 1 saturated heterocycles. The van der Waals surface area contributed by atoms with E-state index in [0.717, 1.165) is 0 Å². The Kier molecular flexibility index (Phi) is 3.27. The maximum absolute atomic E-state index is 10.1. The van der Waals surface area contributed by atoms with Gasteiger partial charge in [-0.1, -0.05) is 0 Å². The number of morpholine rings is 1. The molecule has 6 nitrogen and oxygen atoms in total. The van der Waals surface area contributed by atoms with Gasteiger partial charge in [0, 0.05) is 0 Å². The van der Waals surface area contributed by atoms with Crippen molar-refractivity contribution in [2.75, 3.05) is 26.4 Å². The van der Waals surface area contributed by atoms with Gasteiger partial charge in [0.2, 0.25) is 0 Å². The van der Waals surface area contributed by atoms with E-state index in [9.17, 15) is 4.79 Å². The molecule has 1 atom stereocenters. The summed E-state index contributed by atoms with van der Waals surface area (Å²) in [5.41, 5.74) is 0. The third-order valence-electron chi connectivity index (χ3n) is 1.58. The summed E-state index contributed by atoms with van der Waals surface area (Å²) in [7, 11) is 0. The van der Waals surface area contributed by atoms with E-state index in [2.05, 4.69) is 4.84 Å². The number of hydrogen-bond donors (Lipinski definition) is 2.